The maximum Gasteiger partial charge on any atom is 0.299 e. The van der Waals surface area contributed by atoms with Gasteiger partial charge in [-0.25, -0.2) is 4.98 Å². The maximum absolute atomic E-state index is 12.1. The maximum atomic E-state index is 12.1. The second kappa shape index (κ2) is 6.73. The van der Waals surface area contributed by atoms with Gasteiger partial charge in [-0.3, -0.25) is 9.36 Å². The highest BCUT2D eigenvalue weighted by atomic mass is 16.5. The van der Waals surface area contributed by atoms with Crippen LogP contribution in [0.2, 0.25) is 0 Å². The predicted molar refractivity (Wildman–Crippen MR) is 81.3 cm³/mol. The summed E-state index contributed by atoms with van der Waals surface area (Å²) in [5.74, 6) is 5.84. The van der Waals surface area contributed by atoms with Crippen LogP contribution in [0.4, 0.5) is 0 Å². The Balaban J connectivity index is 2.46. The number of hydrogen-bond acceptors (Lipinski definition) is 4. The van der Waals surface area contributed by atoms with Crippen molar-refractivity contribution in [2.75, 3.05) is 13.7 Å². The highest BCUT2D eigenvalue weighted by Gasteiger charge is 2.09. The Kier molecular flexibility index (Phi) is 4.75. The Hall–Kier alpha value is -2.58. The van der Waals surface area contributed by atoms with E-state index < -0.39 is 0 Å². The molecule has 0 radical (unpaired) electrons. The fraction of sp³-hybridized carbons (Fsp3) is 0.250. The summed E-state index contributed by atoms with van der Waals surface area (Å²) >= 11 is 0. The highest BCUT2D eigenvalue weighted by molar-refractivity contribution is 5.41. The van der Waals surface area contributed by atoms with Gasteiger partial charge >= 0.3 is 0 Å². The number of hydrogen-bond donors (Lipinski definition) is 1. The lowest BCUT2D eigenvalue weighted by molar-refractivity contribution is 0.350. The lowest BCUT2D eigenvalue weighted by Gasteiger charge is -2.12. The van der Waals surface area contributed by atoms with Crippen molar-refractivity contribution in [3.8, 4) is 17.9 Å². The second-order valence-corrected chi connectivity index (χ2v) is 4.47. The molecule has 0 bridgehead atoms. The smallest absolute Gasteiger partial charge is 0.299 e. The molecule has 0 aliphatic heterocycles. The average Bonchev–Trinajstić information content (AvgIpc) is 2.48. The zero-order chi connectivity index (χ0) is 15.2. The number of nitrogens with zero attached hydrogens (tertiary/aromatic N) is 2. The SMILES string of the molecule is COc1nc(C)cc(=O)n1Cc1ccccc1C#CCN. The number of nitrogens with two attached hydrogens (primary N) is 1. The van der Waals surface area contributed by atoms with Crippen molar-refractivity contribution in [2.45, 2.75) is 13.5 Å². The summed E-state index contributed by atoms with van der Waals surface area (Å²) in [4.78, 5) is 16.4. The number of aryl methyl sites for hydroxylation is 1. The van der Waals surface area contributed by atoms with E-state index >= 15 is 0 Å². The summed E-state index contributed by atoms with van der Waals surface area (Å²) in [7, 11) is 1.50. The molecule has 1 aromatic heterocycles. The van der Waals surface area contributed by atoms with Gasteiger partial charge in [0.05, 0.1) is 20.2 Å². The molecule has 1 aromatic carbocycles. The van der Waals surface area contributed by atoms with Crippen LogP contribution >= 0.6 is 0 Å². The second-order valence-electron chi connectivity index (χ2n) is 4.47. The van der Waals surface area contributed by atoms with E-state index in [2.05, 4.69) is 16.8 Å². The zero-order valence-electron chi connectivity index (χ0n) is 12.1. The van der Waals surface area contributed by atoms with Gasteiger partial charge in [-0.05, 0) is 18.6 Å². The van der Waals surface area contributed by atoms with E-state index in [-0.39, 0.29) is 5.56 Å². The molecular formula is C16H17N3O2. The van der Waals surface area contributed by atoms with Crippen LogP contribution in [0.25, 0.3) is 0 Å². The molecule has 0 saturated carbocycles. The molecule has 21 heavy (non-hydrogen) atoms. The van der Waals surface area contributed by atoms with Crippen molar-refractivity contribution < 1.29 is 4.74 Å². The van der Waals surface area contributed by atoms with Gasteiger partial charge in [0.1, 0.15) is 0 Å². The molecule has 0 fully saturated rings. The summed E-state index contributed by atoms with van der Waals surface area (Å²) in [6.07, 6.45) is 0. The standard InChI is InChI=1S/C16H17N3O2/c1-12-10-15(20)19(16(18-12)21-2)11-14-7-4-3-6-13(14)8-5-9-17/h3-4,6-7,10H,9,11,17H2,1-2H3. The van der Waals surface area contributed by atoms with Crippen LogP contribution in [-0.2, 0) is 6.54 Å². The van der Waals surface area contributed by atoms with E-state index in [1.165, 1.54) is 17.7 Å². The Morgan fingerprint density at radius 3 is 2.86 bits per heavy atom. The monoisotopic (exact) mass is 283 g/mol. The van der Waals surface area contributed by atoms with Crippen molar-refractivity contribution in [2.24, 2.45) is 5.73 Å². The van der Waals surface area contributed by atoms with Crippen molar-refractivity contribution in [3.05, 3.63) is 57.5 Å². The van der Waals surface area contributed by atoms with Gasteiger partial charge in [0.2, 0.25) is 0 Å². The van der Waals surface area contributed by atoms with Crippen LogP contribution in [-0.4, -0.2) is 23.2 Å². The van der Waals surface area contributed by atoms with E-state index in [4.69, 9.17) is 10.5 Å². The molecular weight excluding hydrogens is 266 g/mol. The summed E-state index contributed by atoms with van der Waals surface area (Å²) in [5, 5.41) is 0. The number of rotatable bonds is 3. The Labute approximate surface area is 123 Å². The van der Waals surface area contributed by atoms with E-state index in [1.54, 1.807) is 6.92 Å². The third kappa shape index (κ3) is 3.50. The topological polar surface area (TPSA) is 70.1 Å². The lowest BCUT2D eigenvalue weighted by atomic mass is 10.1. The van der Waals surface area contributed by atoms with Crippen molar-refractivity contribution in [1.82, 2.24) is 9.55 Å². The summed E-state index contributed by atoms with van der Waals surface area (Å²) in [6, 6.07) is 9.40. The third-order valence-electron chi connectivity index (χ3n) is 2.95. The van der Waals surface area contributed by atoms with E-state index in [0.717, 1.165) is 11.1 Å². The van der Waals surface area contributed by atoms with Crippen LogP contribution < -0.4 is 16.0 Å². The van der Waals surface area contributed by atoms with Gasteiger partial charge in [0.25, 0.3) is 11.6 Å². The zero-order valence-corrected chi connectivity index (χ0v) is 12.1. The molecule has 0 aliphatic rings. The van der Waals surface area contributed by atoms with Crippen LogP contribution in [0, 0.1) is 18.8 Å². The minimum absolute atomic E-state index is 0.152. The molecule has 5 nitrogen and oxygen atoms in total. The summed E-state index contributed by atoms with van der Waals surface area (Å²) < 4.78 is 6.68. The van der Waals surface area contributed by atoms with Gasteiger partial charge < -0.3 is 10.5 Å². The van der Waals surface area contributed by atoms with Crippen molar-refractivity contribution in [3.63, 3.8) is 0 Å². The third-order valence-corrected chi connectivity index (χ3v) is 2.95. The molecule has 2 aromatic rings. The van der Waals surface area contributed by atoms with Crippen molar-refractivity contribution >= 4 is 0 Å². The van der Waals surface area contributed by atoms with Crippen molar-refractivity contribution in [1.29, 1.82) is 0 Å². The molecule has 0 unspecified atom stereocenters. The first-order valence-corrected chi connectivity index (χ1v) is 6.55. The molecule has 2 N–H and O–H groups in total. The van der Waals surface area contributed by atoms with Crippen LogP contribution in [0.5, 0.6) is 6.01 Å². The fourth-order valence-corrected chi connectivity index (χ4v) is 1.99. The summed E-state index contributed by atoms with van der Waals surface area (Å²) in [6.45, 7) is 2.41. The number of benzene rings is 1. The molecule has 5 heteroatoms. The number of methoxy groups -OCH3 is 1. The van der Waals surface area contributed by atoms with Crippen LogP contribution in [0.1, 0.15) is 16.8 Å². The highest BCUT2D eigenvalue weighted by Crippen LogP contribution is 2.12. The minimum atomic E-state index is -0.152. The van der Waals surface area contributed by atoms with Crippen LogP contribution in [0.3, 0.4) is 0 Å². The Morgan fingerprint density at radius 1 is 1.38 bits per heavy atom. The molecule has 0 saturated heterocycles. The number of ether oxygens (including phenoxy) is 1. The first kappa shape index (κ1) is 14.8. The Morgan fingerprint density at radius 2 is 2.14 bits per heavy atom. The predicted octanol–water partition coefficient (Wildman–Crippen LogP) is 0.919. The van der Waals surface area contributed by atoms with Gasteiger partial charge in [-0.1, -0.05) is 30.0 Å². The first-order valence-electron chi connectivity index (χ1n) is 6.55. The quantitative estimate of drug-likeness (QED) is 0.850. The molecule has 0 aliphatic carbocycles. The first-order chi connectivity index (χ1) is 10.2. The van der Waals surface area contributed by atoms with E-state index in [1.807, 2.05) is 24.3 Å². The van der Waals surface area contributed by atoms with Gasteiger partial charge in [0, 0.05) is 17.3 Å². The van der Waals surface area contributed by atoms with E-state index in [9.17, 15) is 4.79 Å². The molecule has 0 spiro atoms. The van der Waals surface area contributed by atoms with Gasteiger partial charge in [-0.15, -0.1) is 0 Å². The molecule has 2 rings (SSSR count). The fourth-order valence-electron chi connectivity index (χ4n) is 1.99. The lowest BCUT2D eigenvalue weighted by Crippen LogP contribution is -2.23. The minimum Gasteiger partial charge on any atom is -0.468 e. The van der Waals surface area contributed by atoms with Crippen LogP contribution in [0.15, 0.2) is 35.1 Å². The largest absolute Gasteiger partial charge is 0.468 e. The molecule has 0 atom stereocenters. The number of aromatic nitrogens is 2. The molecule has 0 amide bonds. The van der Waals surface area contributed by atoms with Gasteiger partial charge in [0.15, 0.2) is 0 Å². The summed E-state index contributed by atoms with van der Waals surface area (Å²) in [5.41, 5.74) is 7.65. The van der Waals surface area contributed by atoms with E-state index in [0.29, 0.717) is 24.8 Å². The normalized spacial score (nSPS) is 9.86. The molecule has 108 valence electrons. The Bertz CT molecular complexity index is 754. The average molecular weight is 283 g/mol. The molecule has 1 heterocycles. The van der Waals surface area contributed by atoms with Gasteiger partial charge in [-0.2, -0.15) is 0 Å².